The zero-order valence-electron chi connectivity index (χ0n) is 12.8. The third kappa shape index (κ3) is 3.66. The van der Waals surface area contributed by atoms with Gasteiger partial charge in [0.1, 0.15) is 0 Å². The first-order chi connectivity index (χ1) is 11.0. The summed E-state index contributed by atoms with van der Waals surface area (Å²) in [5.74, 6) is 0.873. The van der Waals surface area contributed by atoms with Gasteiger partial charge in [0, 0.05) is 23.4 Å². The fourth-order valence-electron chi connectivity index (χ4n) is 2.70. The zero-order valence-corrected chi connectivity index (χ0v) is 13.6. The van der Waals surface area contributed by atoms with Gasteiger partial charge < -0.3 is 5.32 Å². The molecule has 5 heteroatoms. The number of hydrogen-bond donors (Lipinski definition) is 1. The van der Waals surface area contributed by atoms with Gasteiger partial charge in [0.2, 0.25) is 0 Å². The summed E-state index contributed by atoms with van der Waals surface area (Å²) < 4.78 is 39.3. The molecule has 2 aromatic rings. The minimum absolute atomic E-state index is 0.314. The monoisotopic (exact) mass is 337 g/mol. The van der Waals surface area contributed by atoms with Gasteiger partial charge in [-0.15, -0.1) is 11.8 Å². The van der Waals surface area contributed by atoms with E-state index in [9.17, 15) is 13.2 Å². The fraction of sp³-hybridized carbons (Fsp3) is 0.333. The Kier molecular flexibility index (Phi) is 4.57. The second-order valence-electron chi connectivity index (χ2n) is 5.69. The molecule has 0 bridgehead atoms. The summed E-state index contributed by atoms with van der Waals surface area (Å²) in [4.78, 5) is 1.08. The molecule has 3 rings (SSSR count). The van der Waals surface area contributed by atoms with Crippen molar-refractivity contribution >= 4 is 17.4 Å². The first-order valence-corrected chi connectivity index (χ1v) is 8.58. The average molecular weight is 337 g/mol. The van der Waals surface area contributed by atoms with Crippen molar-refractivity contribution < 1.29 is 13.2 Å². The summed E-state index contributed by atoms with van der Waals surface area (Å²) >= 11 is 1.49. The van der Waals surface area contributed by atoms with Gasteiger partial charge in [0.05, 0.1) is 5.56 Å². The van der Waals surface area contributed by atoms with E-state index in [1.54, 1.807) is 12.1 Å². The van der Waals surface area contributed by atoms with Crippen LogP contribution in [-0.2, 0) is 11.9 Å². The van der Waals surface area contributed by atoms with Crippen LogP contribution in [0.2, 0.25) is 0 Å². The molecular weight excluding hydrogens is 319 g/mol. The maximum atomic E-state index is 13.1. The van der Waals surface area contributed by atoms with Crippen LogP contribution in [0.15, 0.2) is 47.4 Å². The van der Waals surface area contributed by atoms with Gasteiger partial charge in [0.25, 0.3) is 0 Å². The second kappa shape index (κ2) is 6.48. The van der Waals surface area contributed by atoms with Gasteiger partial charge in [-0.1, -0.05) is 30.3 Å². The standard InChI is InChI=1S/C18H18F3NS/c1-22-16-8-4-6-14(12-9-10-12)17(16)23-11-13-5-2-3-7-15(13)18(19,20)21/h2-8,12,22H,9-11H2,1H3. The van der Waals surface area contributed by atoms with Gasteiger partial charge in [-0.3, -0.25) is 0 Å². The van der Waals surface area contributed by atoms with Crippen molar-refractivity contribution in [1.82, 2.24) is 0 Å². The predicted molar refractivity (Wildman–Crippen MR) is 89.0 cm³/mol. The lowest BCUT2D eigenvalue weighted by atomic mass is 10.1. The first kappa shape index (κ1) is 16.2. The van der Waals surface area contributed by atoms with Gasteiger partial charge in [0.15, 0.2) is 0 Å². The van der Waals surface area contributed by atoms with E-state index >= 15 is 0 Å². The number of halogens is 3. The molecule has 0 radical (unpaired) electrons. The lowest BCUT2D eigenvalue weighted by Crippen LogP contribution is -2.08. The van der Waals surface area contributed by atoms with Crippen LogP contribution >= 0.6 is 11.8 Å². The van der Waals surface area contributed by atoms with Gasteiger partial charge in [-0.05, 0) is 42.0 Å². The molecule has 1 fully saturated rings. The number of nitrogens with one attached hydrogen (secondary N) is 1. The van der Waals surface area contributed by atoms with Gasteiger partial charge in [-0.25, -0.2) is 0 Å². The average Bonchev–Trinajstić information content (AvgIpc) is 3.36. The first-order valence-electron chi connectivity index (χ1n) is 7.59. The minimum Gasteiger partial charge on any atom is -0.387 e. The quantitative estimate of drug-likeness (QED) is 0.680. The molecule has 1 aliphatic rings. The van der Waals surface area contributed by atoms with Crippen molar-refractivity contribution in [2.75, 3.05) is 12.4 Å². The molecule has 1 nitrogen and oxygen atoms in total. The smallest absolute Gasteiger partial charge is 0.387 e. The van der Waals surface area contributed by atoms with Crippen LogP contribution in [-0.4, -0.2) is 7.05 Å². The SMILES string of the molecule is CNc1cccc(C2CC2)c1SCc1ccccc1C(F)(F)F. The Morgan fingerprint density at radius 1 is 1.09 bits per heavy atom. The lowest BCUT2D eigenvalue weighted by Gasteiger charge is -2.16. The van der Waals surface area contributed by atoms with Crippen molar-refractivity contribution in [3.63, 3.8) is 0 Å². The van der Waals surface area contributed by atoms with E-state index in [2.05, 4.69) is 11.4 Å². The van der Waals surface area contributed by atoms with E-state index in [1.807, 2.05) is 19.2 Å². The molecule has 122 valence electrons. The largest absolute Gasteiger partial charge is 0.416 e. The second-order valence-corrected chi connectivity index (χ2v) is 6.68. The van der Waals surface area contributed by atoms with Crippen molar-refractivity contribution in [1.29, 1.82) is 0 Å². The molecule has 0 aliphatic heterocycles. The fourth-order valence-corrected chi connectivity index (χ4v) is 3.98. The Morgan fingerprint density at radius 3 is 2.48 bits per heavy atom. The Balaban J connectivity index is 1.87. The Labute approximate surface area is 138 Å². The van der Waals surface area contributed by atoms with Crippen molar-refractivity contribution in [3.8, 4) is 0 Å². The summed E-state index contributed by atoms with van der Waals surface area (Å²) in [6.45, 7) is 0. The summed E-state index contributed by atoms with van der Waals surface area (Å²) in [5.41, 5.74) is 2.04. The number of rotatable bonds is 5. The molecule has 0 saturated heterocycles. The lowest BCUT2D eigenvalue weighted by molar-refractivity contribution is -0.138. The van der Waals surface area contributed by atoms with Crippen molar-refractivity contribution in [2.24, 2.45) is 0 Å². The van der Waals surface area contributed by atoms with Crippen molar-refractivity contribution in [3.05, 3.63) is 59.2 Å². The molecule has 0 heterocycles. The summed E-state index contributed by atoms with van der Waals surface area (Å²) in [6, 6.07) is 11.9. The van der Waals surface area contributed by atoms with Crippen LogP contribution < -0.4 is 5.32 Å². The van der Waals surface area contributed by atoms with Crippen LogP contribution in [0.1, 0.15) is 35.4 Å². The maximum absolute atomic E-state index is 13.1. The maximum Gasteiger partial charge on any atom is 0.416 e. The van der Waals surface area contributed by atoms with Crippen LogP contribution in [0.4, 0.5) is 18.9 Å². The molecular formula is C18H18F3NS. The third-order valence-electron chi connectivity index (χ3n) is 4.03. The molecule has 0 atom stereocenters. The number of alkyl halides is 3. The van der Waals surface area contributed by atoms with Gasteiger partial charge in [-0.2, -0.15) is 13.2 Å². The Hall–Kier alpha value is -1.62. The highest BCUT2D eigenvalue weighted by Gasteiger charge is 2.33. The zero-order chi connectivity index (χ0) is 16.4. The van der Waals surface area contributed by atoms with E-state index in [4.69, 9.17) is 0 Å². The molecule has 1 saturated carbocycles. The van der Waals surface area contributed by atoms with Crippen LogP contribution in [0, 0.1) is 0 Å². The minimum atomic E-state index is -4.31. The Morgan fingerprint density at radius 2 is 1.83 bits per heavy atom. The molecule has 1 N–H and O–H groups in total. The number of benzene rings is 2. The summed E-state index contributed by atoms with van der Waals surface area (Å²) in [5, 5.41) is 3.16. The van der Waals surface area contributed by atoms with E-state index in [-0.39, 0.29) is 0 Å². The number of hydrogen-bond acceptors (Lipinski definition) is 2. The van der Waals surface area contributed by atoms with E-state index in [1.165, 1.54) is 36.2 Å². The van der Waals surface area contributed by atoms with E-state index in [0.29, 0.717) is 17.2 Å². The molecule has 0 unspecified atom stereocenters. The third-order valence-corrected chi connectivity index (χ3v) is 5.23. The van der Waals surface area contributed by atoms with E-state index in [0.717, 1.165) is 16.6 Å². The normalized spacial score (nSPS) is 14.8. The van der Waals surface area contributed by atoms with Gasteiger partial charge >= 0.3 is 6.18 Å². The number of thioether (sulfide) groups is 1. The topological polar surface area (TPSA) is 12.0 Å². The van der Waals surface area contributed by atoms with Crippen LogP contribution in [0.25, 0.3) is 0 Å². The molecule has 23 heavy (non-hydrogen) atoms. The van der Waals surface area contributed by atoms with Crippen molar-refractivity contribution in [2.45, 2.75) is 35.6 Å². The summed E-state index contributed by atoms with van der Waals surface area (Å²) in [6.07, 6.45) is -1.97. The Bertz CT molecular complexity index is 693. The molecule has 0 spiro atoms. The molecule has 2 aromatic carbocycles. The van der Waals surface area contributed by atoms with Crippen LogP contribution in [0.3, 0.4) is 0 Å². The predicted octanol–water partition coefficient (Wildman–Crippen LogP) is 5.92. The summed E-state index contributed by atoms with van der Waals surface area (Å²) in [7, 11) is 1.85. The molecule has 0 amide bonds. The van der Waals surface area contributed by atoms with E-state index < -0.39 is 11.7 Å². The highest BCUT2D eigenvalue weighted by Crippen LogP contribution is 2.47. The molecule has 0 aromatic heterocycles. The highest BCUT2D eigenvalue weighted by molar-refractivity contribution is 7.98. The van der Waals surface area contributed by atoms with Crippen LogP contribution in [0.5, 0.6) is 0 Å². The highest BCUT2D eigenvalue weighted by atomic mass is 32.2. The number of anilines is 1. The molecule has 1 aliphatic carbocycles.